The van der Waals surface area contributed by atoms with E-state index in [2.05, 4.69) is 6.07 Å². The second-order valence-corrected chi connectivity index (χ2v) is 4.96. The van der Waals surface area contributed by atoms with E-state index < -0.39 is 5.60 Å². The van der Waals surface area contributed by atoms with Crippen LogP contribution in [0.2, 0.25) is 0 Å². The molecule has 0 atom stereocenters. The van der Waals surface area contributed by atoms with Crippen LogP contribution in [0.25, 0.3) is 10.8 Å². The van der Waals surface area contributed by atoms with Gasteiger partial charge in [-0.3, -0.25) is 0 Å². The van der Waals surface area contributed by atoms with E-state index in [9.17, 15) is 5.11 Å². The summed E-state index contributed by atoms with van der Waals surface area (Å²) in [7, 11) is 1.68. The Labute approximate surface area is 102 Å². The molecule has 0 heterocycles. The van der Waals surface area contributed by atoms with Crippen molar-refractivity contribution < 1.29 is 9.84 Å². The minimum atomic E-state index is -0.697. The molecular formula is C15H18O2. The first-order valence-corrected chi connectivity index (χ1v) is 5.78. The number of hydrogen-bond acceptors (Lipinski definition) is 2. The van der Waals surface area contributed by atoms with Gasteiger partial charge in [0, 0.05) is 11.8 Å². The molecule has 0 saturated carbocycles. The maximum Gasteiger partial charge on any atom is 0.126 e. The van der Waals surface area contributed by atoms with Gasteiger partial charge in [-0.1, -0.05) is 30.3 Å². The molecule has 0 bridgehead atoms. The van der Waals surface area contributed by atoms with Crippen molar-refractivity contribution >= 4 is 10.8 Å². The number of rotatable bonds is 3. The molecule has 1 N–H and O–H groups in total. The second-order valence-electron chi connectivity index (χ2n) is 4.96. The van der Waals surface area contributed by atoms with Gasteiger partial charge in [-0.2, -0.15) is 0 Å². The topological polar surface area (TPSA) is 29.5 Å². The average molecular weight is 230 g/mol. The summed E-state index contributed by atoms with van der Waals surface area (Å²) in [6, 6.07) is 12.1. The Kier molecular flexibility index (Phi) is 3.07. The van der Waals surface area contributed by atoms with Gasteiger partial charge in [0.25, 0.3) is 0 Å². The van der Waals surface area contributed by atoms with Gasteiger partial charge in [-0.25, -0.2) is 0 Å². The monoisotopic (exact) mass is 230 g/mol. The molecule has 2 heteroatoms. The zero-order valence-corrected chi connectivity index (χ0v) is 10.5. The highest BCUT2D eigenvalue weighted by Crippen LogP contribution is 2.30. The van der Waals surface area contributed by atoms with Gasteiger partial charge >= 0.3 is 0 Å². The van der Waals surface area contributed by atoms with Gasteiger partial charge in [-0.15, -0.1) is 0 Å². The molecule has 17 heavy (non-hydrogen) atoms. The van der Waals surface area contributed by atoms with Crippen LogP contribution in [0.1, 0.15) is 19.4 Å². The average Bonchev–Trinajstić information content (AvgIpc) is 2.28. The maximum atomic E-state index is 9.93. The Hall–Kier alpha value is -1.54. The first-order valence-electron chi connectivity index (χ1n) is 5.78. The summed E-state index contributed by atoms with van der Waals surface area (Å²) in [5.74, 6) is 0.875. The molecule has 0 aliphatic heterocycles. The van der Waals surface area contributed by atoms with Crippen LogP contribution in [-0.2, 0) is 6.42 Å². The minimum absolute atomic E-state index is 0.636. The number of methoxy groups -OCH3 is 1. The third kappa shape index (κ3) is 2.59. The van der Waals surface area contributed by atoms with Crippen molar-refractivity contribution in [1.82, 2.24) is 0 Å². The highest BCUT2D eigenvalue weighted by molar-refractivity contribution is 5.91. The predicted molar refractivity (Wildman–Crippen MR) is 70.5 cm³/mol. The Morgan fingerprint density at radius 1 is 1.06 bits per heavy atom. The summed E-state index contributed by atoms with van der Waals surface area (Å²) < 4.78 is 5.35. The quantitative estimate of drug-likeness (QED) is 0.877. The lowest BCUT2D eigenvalue weighted by Crippen LogP contribution is -2.21. The van der Waals surface area contributed by atoms with Crippen molar-refractivity contribution in [3.05, 3.63) is 42.0 Å². The van der Waals surface area contributed by atoms with Gasteiger partial charge in [0.05, 0.1) is 12.7 Å². The summed E-state index contributed by atoms with van der Waals surface area (Å²) in [6.07, 6.45) is 0.636. The number of benzene rings is 2. The molecule has 0 aliphatic rings. The fourth-order valence-electron chi connectivity index (χ4n) is 2.13. The number of fused-ring (bicyclic) bond motifs is 1. The number of ether oxygens (including phenoxy) is 1. The summed E-state index contributed by atoms with van der Waals surface area (Å²) in [5.41, 5.74) is 0.450. The zero-order valence-electron chi connectivity index (χ0n) is 10.5. The van der Waals surface area contributed by atoms with Crippen molar-refractivity contribution in [3.8, 4) is 5.75 Å². The predicted octanol–water partition coefficient (Wildman–Crippen LogP) is 3.16. The van der Waals surface area contributed by atoms with E-state index in [0.29, 0.717) is 6.42 Å². The van der Waals surface area contributed by atoms with Crippen molar-refractivity contribution in [2.24, 2.45) is 0 Å². The molecule has 0 saturated heterocycles. The lowest BCUT2D eigenvalue weighted by atomic mass is 9.94. The Balaban J connectivity index is 2.59. The van der Waals surface area contributed by atoms with E-state index in [-0.39, 0.29) is 0 Å². The van der Waals surface area contributed by atoms with Crippen LogP contribution < -0.4 is 4.74 Å². The standard InChI is InChI=1S/C15H18O2/c1-15(2,16)10-11-8-9-14(17-3)13-7-5-4-6-12(11)13/h4-9,16H,10H2,1-3H3. The lowest BCUT2D eigenvalue weighted by molar-refractivity contribution is 0.0813. The van der Waals surface area contributed by atoms with Gasteiger partial charge < -0.3 is 9.84 Å². The van der Waals surface area contributed by atoms with E-state index in [1.165, 1.54) is 0 Å². The lowest BCUT2D eigenvalue weighted by Gasteiger charge is -2.19. The molecule has 2 aromatic rings. The molecule has 0 spiro atoms. The van der Waals surface area contributed by atoms with Crippen LogP contribution in [-0.4, -0.2) is 17.8 Å². The Morgan fingerprint density at radius 2 is 1.71 bits per heavy atom. The largest absolute Gasteiger partial charge is 0.496 e. The molecule has 2 aromatic carbocycles. The minimum Gasteiger partial charge on any atom is -0.496 e. The number of aliphatic hydroxyl groups is 1. The van der Waals surface area contributed by atoms with E-state index in [1.54, 1.807) is 7.11 Å². The van der Waals surface area contributed by atoms with Crippen molar-refractivity contribution in [2.75, 3.05) is 7.11 Å². The fraction of sp³-hybridized carbons (Fsp3) is 0.333. The van der Waals surface area contributed by atoms with E-state index in [1.807, 2.05) is 44.2 Å². The SMILES string of the molecule is COc1ccc(CC(C)(C)O)c2ccccc12. The molecule has 2 rings (SSSR count). The molecule has 0 unspecified atom stereocenters. The molecule has 2 nitrogen and oxygen atoms in total. The fourth-order valence-corrected chi connectivity index (χ4v) is 2.13. The van der Waals surface area contributed by atoms with E-state index in [0.717, 1.165) is 22.1 Å². The van der Waals surface area contributed by atoms with Gasteiger partial charge in [-0.05, 0) is 30.9 Å². The van der Waals surface area contributed by atoms with Gasteiger partial charge in [0.15, 0.2) is 0 Å². The smallest absolute Gasteiger partial charge is 0.126 e. The van der Waals surface area contributed by atoms with Crippen molar-refractivity contribution in [1.29, 1.82) is 0 Å². The Bertz CT molecular complexity index is 524. The molecule has 0 amide bonds. The second kappa shape index (κ2) is 4.38. The third-order valence-electron chi connectivity index (χ3n) is 2.82. The van der Waals surface area contributed by atoms with Crippen LogP contribution in [0.15, 0.2) is 36.4 Å². The van der Waals surface area contributed by atoms with Crippen LogP contribution in [0.5, 0.6) is 5.75 Å². The van der Waals surface area contributed by atoms with Gasteiger partial charge in [0.2, 0.25) is 0 Å². The number of hydrogen-bond donors (Lipinski definition) is 1. The zero-order chi connectivity index (χ0) is 12.5. The molecule has 0 aromatic heterocycles. The summed E-state index contributed by atoms with van der Waals surface area (Å²) in [5, 5.41) is 12.2. The molecule has 0 aliphatic carbocycles. The van der Waals surface area contributed by atoms with Gasteiger partial charge in [0.1, 0.15) is 5.75 Å². The highest BCUT2D eigenvalue weighted by Gasteiger charge is 2.16. The van der Waals surface area contributed by atoms with Crippen molar-refractivity contribution in [3.63, 3.8) is 0 Å². The normalized spacial score (nSPS) is 11.8. The molecule has 0 radical (unpaired) electrons. The first kappa shape index (κ1) is 11.9. The first-order chi connectivity index (χ1) is 8.01. The third-order valence-corrected chi connectivity index (χ3v) is 2.82. The summed E-state index contributed by atoms with van der Waals surface area (Å²) >= 11 is 0. The Morgan fingerprint density at radius 3 is 2.29 bits per heavy atom. The summed E-state index contributed by atoms with van der Waals surface area (Å²) in [6.45, 7) is 3.65. The molecular weight excluding hydrogens is 212 g/mol. The molecule has 0 fully saturated rings. The summed E-state index contributed by atoms with van der Waals surface area (Å²) in [4.78, 5) is 0. The maximum absolute atomic E-state index is 9.93. The van der Waals surface area contributed by atoms with Crippen molar-refractivity contribution in [2.45, 2.75) is 25.9 Å². The molecule has 90 valence electrons. The van der Waals surface area contributed by atoms with E-state index in [4.69, 9.17) is 4.74 Å². The highest BCUT2D eigenvalue weighted by atomic mass is 16.5. The van der Waals surface area contributed by atoms with Crippen LogP contribution in [0, 0.1) is 0 Å². The van der Waals surface area contributed by atoms with E-state index >= 15 is 0 Å². The van der Waals surface area contributed by atoms with Crippen LogP contribution >= 0.6 is 0 Å². The van der Waals surface area contributed by atoms with Crippen LogP contribution in [0.3, 0.4) is 0 Å². The van der Waals surface area contributed by atoms with Crippen LogP contribution in [0.4, 0.5) is 0 Å².